The van der Waals surface area contributed by atoms with Gasteiger partial charge >= 0.3 is 0 Å². The van der Waals surface area contributed by atoms with Crippen molar-refractivity contribution in [2.75, 3.05) is 6.54 Å². The van der Waals surface area contributed by atoms with Crippen molar-refractivity contribution < 1.29 is 0 Å². The Hall–Kier alpha value is -1.34. The SMILES string of the molecule is CCCNC(c1ccc(C)c2ccccc12)C(CC)CC. The number of nitrogens with one attached hydrogen (secondary N) is 1. The summed E-state index contributed by atoms with van der Waals surface area (Å²) in [7, 11) is 0. The third kappa shape index (κ3) is 3.47. The molecule has 0 radical (unpaired) electrons. The highest BCUT2D eigenvalue weighted by Crippen LogP contribution is 2.33. The zero-order valence-electron chi connectivity index (χ0n) is 13.9. The van der Waals surface area contributed by atoms with E-state index in [0.29, 0.717) is 12.0 Å². The first-order valence-electron chi connectivity index (χ1n) is 8.44. The van der Waals surface area contributed by atoms with Crippen molar-refractivity contribution in [3.63, 3.8) is 0 Å². The van der Waals surface area contributed by atoms with Gasteiger partial charge in [-0.1, -0.05) is 70.0 Å². The fraction of sp³-hybridized carbons (Fsp3) is 0.500. The molecule has 1 unspecified atom stereocenters. The van der Waals surface area contributed by atoms with Gasteiger partial charge in [0, 0.05) is 6.04 Å². The van der Waals surface area contributed by atoms with Gasteiger partial charge in [0.1, 0.15) is 0 Å². The zero-order valence-corrected chi connectivity index (χ0v) is 13.9. The van der Waals surface area contributed by atoms with E-state index in [9.17, 15) is 0 Å². The van der Waals surface area contributed by atoms with E-state index in [1.807, 2.05) is 0 Å². The summed E-state index contributed by atoms with van der Waals surface area (Å²) in [6, 6.07) is 13.9. The summed E-state index contributed by atoms with van der Waals surface area (Å²) in [4.78, 5) is 0. The van der Waals surface area contributed by atoms with Gasteiger partial charge in [-0.25, -0.2) is 0 Å². The topological polar surface area (TPSA) is 12.0 Å². The van der Waals surface area contributed by atoms with E-state index < -0.39 is 0 Å². The van der Waals surface area contributed by atoms with Gasteiger partial charge in [0.15, 0.2) is 0 Å². The molecule has 2 rings (SSSR count). The van der Waals surface area contributed by atoms with Crippen molar-refractivity contribution in [1.82, 2.24) is 5.32 Å². The molecule has 0 fully saturated rings. The number of benzene rings is 2. The molecule has 1 N–H and O–H groups in total. The van der Waals surface area contributed by atoms with Crippen LogP contribution in [-0.2, 0) is 0 Å². The average molecular weight is 283 g/mol. The second kappa shape index (κ2) is 7.61. The minimum absolute atomic E-state index is 0.463. The van der Waals surface area contributed by atoms with Gasteiger partial charge in [0.2, 0.25) is 0 Å². The molecule has 0 amide bonds. The van der Waals surface area contributed by atoms with Crippen molar-refractivity contribution in [2.45, 2.75) is 53.0 Å². The predicted octanol–water partition coefficient (Wildman–Crippen LogP) is 5.63. The number of rotatable bonds is 7. The number of hydrogen-bond acceptors (Lipinski definition) is 1. The van der Waals surface area contributed by atoms with E-state index in [0.717, 1.165) is 6.54 Å². The first-order valence-corrected chi connectivity index (χ1v) is 8.44. The summed E-state index contributed by atoms with van der Waals surface area (Å²) in [6.45, 7) is 10.2. The molecule has 1 nitrogen and oxygen atoms in total. The maximum atomic E-state index is 3.80. The Morgan fingerprint density at radius 1 is 0.905 bits per heavy atom. The van der Waals surface area contributed by atoms with Crippen LogP contribution in [0.1, 0.15) is 57.2 Å². The van der Waals surface area contributed by atoms with Crippen molar-refractivity contribution in [1.29, 1.82) is 0 Å². The zero-order chi connectivity index (χ0) is 15.2. The molecule has 21 heavy (non-hydrogen) atoms. The lowest BCUT2D eigenvalue weighted by Crippen LogP contribution is -2.28. The third-order valence-electron chi connectivity index (χ3n) is 4.65. The molecule has 0 saturated heterocycles. The summed E-state index contributed by atoms with van der Waals surface area (Å²) in [5.41, 5.74) is 2.84. The van der Waals surface area contributed by atoms with Crippen LogP contribution >= 0.6 is 0 Å². The molecule has 1 heteroatoms. The molecule has 114 valence electrons. The predicted molar refractivity (Wildman–Crippen MR) is 93.8 cm³/mol. The molecule has 0 aliphatic rings. The summed E-state index contributed by atoms with van der Waals surface area (Å²) in [5.74, 6) is 0.697. The van der Waals surface area contributed by atoms with E-state index in [1.54, 1.807) is 0 Å². The molecule has 0 heterocycles. The van der Waals surface area contributed by atoms with Gasteiger partial charge in [-0.2, -0.15) is 0 Å². The van der Waals surface area contributed by atoms with E-state index >= 15 is 0 Å². The van der Waals surface area contributed by atoms with Gasteiger partial charge in [-0.15, -0.1) is 0 Å². The quantitative estimate of drug-likeness (QED) is 0.695. The van der Waals surface area contributed by atoms with Crippen molar-refractivity contribution in [3.05, 3.63) is 47.5 Å². The summed E-state index contributed by atoms with van der Waals surface area (Å²) in [5, 5.41) is 6.61. The minimum atomic E-state index is 0.463. The van der Waals surface area contributed by atoms with E-state index in [4.69, 9.17) is 0 Å². The molecule has 0 bridgehead atoms. The Balaban J connectivity index is 2.51. The summed E-state index contributed by atoms with van der Waals surface area (Å²) in [6.07, 6.45) is 3.63. The Labute approximate surface area is 129 Å². The van der Waals surface area contributed by atoms with Crippen LogP contribution in [0.2, 0.25) is 0 Å². The molecule has 0 spiro atoms. The summed E-state index contributed by atoms with van der Waals surface area (Å²) < 4.78 is 0. The molecular formula is C20H29N. The van der Waals surface area contributed by atoms with Gasteiger partial charge in [-0.3, -0.25) is 0 Å². The van der Waals surface area contributed by atoms with Crippen LogP contribution in [0.15, 0.2) is 36.4 Å². The Morgan fingerprint density at radius 2 is 1.57 bits per heavy atom. The van der Waals surface area contributed by atoms with E-state index in [2.05, 4.69) is 69.4 Å². The highest BCUT2D eigenvalue weighted by Gasteiger charge is 2.21. The maximum absolute atomic E-state index is 3.80. The normalized spacial score (nSPS) is 13.0. The molecule has 2 aromatic carbocycles. The van der Waals surface area contributed by atoms with Crippen molar-refractivity contribution in [2.24, 2.45) is 5.92 Å². The highest BCUT2D eigenvalue weighted by molar-refractivity contribution is 5.88. The fourth-order valence-electron chi connectivity index (χ4n) is 3.33. The van der Waals surface area contributed by atoms with Crippen molar-refractivity contribution >= 4 is 10.8 Å². The van der Waals surface area contributed by atoms with E-state index in [-0.39, 0.29) is 0 Å². The standard InChI is InChI=1S/C20H29N/c1-5-14-21-20(16(6-2)7-3)19-13-12-15(4)17-10-8-9-11-18(17)19/h8-13,16,20-21H,5-7,14H2,1-4H3. The van der Waals surface area contributed by atoms with Crippen LogP contribution in [-0.4, -0.2) is 6.54 Å². The van der Waals surface area contributed by atoms with Crippen LogP contribution in [0.5, 0.6) is 0 Å². The van der Waals surface area contributed by atoms with Crippen LogP contribution in [0.25, 0.3) is 10.8 Å². The van der Waals surface area contributed by atoms with E-state index in [1.165, 1.54) is 41.2 Å². The number of aryl methyl sites for hydroxylation is 1. The van der Waals surface area contributed by atoms with Crippen LogP contribution < -0.4 is 5.32 Å². The van der Waals surface area contributed by atoms with Gasteiger partial charge in [-0.05, 0) is 47.7 Å². The Kier molecular flexibility index (Phi) is 5.81. The van der Waals surface area contributed by atoms with Gasteiger partial charge < -0.3 is 5.32 Å². The monoisotopic (exact) mass is 283 g/mol. The van der Waals surface area contributed by atoms with Crippen LogP contribution in [0, 0.1) is 12.8 Å². The largest absolute Gasteiger partial charge is 0.310 e. The first kappa shape index (κ1) is 16.0. The second-order valence-corrected chi connectivity index (χ2v) is 6.03. The average Bonchev–Trinajstić information content (AvgIpc) is 2.53. The Morgan fingerprint density at radius 3 is 2.19 bits per heavy atom. The lowest BCUT2D eigenvalue weighted by molar-refractivity contribution is 0.343. The van der Waals surface area contributed by atoms with Gasteiger partial charge in [0.25, 0.3) is 0 Å². The second-order valence-electron chi connectivity index (χ2n) is 6.03. The van der Waals surface area contributed by atoms with Crippen molar-refractivity contribution in [3.8, 4) is 0 Å². The van der Waals surface area contributed by atoms with Crippen LogP contribution in [0.4, 0.5) is 0 Å². The maximum Gasteiger partial charge on any atom is 0.0354 e. The minimum Gasteiger partial charge on any atom is -0.310 e. The molecule has 1 atom stereocenters. The molecule has 0 saturated carbocycles. The molecular weight excluding hydrogens is 254 g/mol. The Bertz CT molecular complexity index is 569. The number of hydrogen-bond donors (Lipinski definition) is 1. The molecule has 0 aliphatic heterocycles. The first-order chi connectivity index (χ1) is 10.2. The molecule has 0 aliphatic carbocycles. The van der Waals surface area contributed by atoms with Gasteiger partial charge in [0.05, 0.1) is 0 Å². The fourth-order valence-corrected chi connectivity index (χ4v) is 3.33. The smallest absolute Gasteiger partial charge is 0.0354 e. The number of fused-ring (bicyclic) bond motifs is 1. The lowest BCUT2D eigenvalue weighted by atomic mass is 9.85. The summed E-state index contributed by atoms with van der Waals surface area (Å²) >= 11 is 0. The molecule has 2 aromatic rings. The lowest BCUT2D eigenvalue weighted by Gasteiger charge is -2.28. The highest BCUT2D eigenvalue weighted by atomic mass is 14.9. The molecule has 0 aromatic heterocycles. The third-order valence-corrected chi connectivity index (χ3v) is 4.65. The van der Waals surface area contributed by atoms with Crippen LogP contribution in [0.3, 0.4) is 0 Å².